The lowest BCUT2D eigenvalue weighted by Crippen LogP contribution is -2.27. The van der Waals surface area contributed by atoms with Crippen LogP contribution in [0.2, 0.25) is 0 Å². The number of hydrogen-bond acceptors (Lipinski definition) is 7. The van der Waals surface area contributed by atoms with Crippen LogP contribution in [0.15, 0.2) is 60.7 Å². The minimum Gasteiger partial charge on any atom is -0.504 e. The molecule has 40 heavy (non-hydrogen) atoms. The summed E-state index contributed by atoms with van der Waals surface area (Å²) in [4.78, 5) is 12.9. The molecule has 3 aromatic carbocycles. The Labute approximate surface area is 236 Å². The van der Waals surface area contributed by atoms with E-state index in [1.165, 1.54) is 19.8 Å². The van der Waals surface area contributed by atoms with Gasteiger partial charge in [-0.3, -0.25) is 4.79 Å². The third-order valence-corrected chi connectivity index (χ3v) is 8.31. The molecular weight excluding hydrogens is 508 g/mol. The van der Waals surface area contributed by atoms with Gasteiger partial charge in [-0.05, 0) is 84.4 Å². The zero-order chi connectivity index (χ0) is 28.7. The first kappa shape index (κ1) is 29.3. The summed E-state index contributed by atoms with van der Waals surface area (Å²) >= 11 is 0. The number of aromatic hydroxyl groups is 3. The number of ketones is 1. The SMILES string of the molecule is COc1cc(CCC(=O)C[C@H](O)C[C@H](CC2(c3ccccc3)CCCC2)c2cc(O)c(O)c(OC)c2)ccc1O. The fourth-order valence-corrected chi connectivity index (χ4v) is 6.21. The van der Waals surface area contributed by atoms with Crippen molar-refractivity contribution in [2.24, 2.45) is 0 Å². The molecule has 1 fully saturated rings. The molecule has 0 heterocycles. The van der Waals surface area contributed by atoms with Crippen molar-refractivity contribution < 1.29 is 34.7 Å². The minimum atomic E-state index is -0.872. The van der Waals surface area contributed by atoms with E-state index >= 15 is 0 Å². The van der Waals surface area contributed by atoms with Gasteiger partial charge < -0.3 is 29.9 Å². The Morgan fingerprint density at radius 2 is 1.60 bits per heavy atom. The van der Waals surface area contributed by atoms with E-state index in [0.29, 0.717) is 18.6 Å². The summed E-state index contributed by atoms with van der Waals surface area (Å²) in [5.74, 6) is -0.230. The first-order valence-corrected chi connectivity index (χ1v) is 14.0. The number of phenols is 3. The summed E-state index contributed by atoms with van der Waals surface area (Å²) in [6, 6.07) is 18.7. The van der Waals surface area contributed by atoms with E-state index in [1.807, 2.05) is 6.07 Å². The lowest BCUT2D eigenvalue weighted by molar-refractivity contribution is -0.121. The van der Waals surface area contributed by atoms with E-state index in [1.54, 1.807) is 30.3 Å². The van der Waals surface area contributed by atoms with E-state index in [0.717, 1.165) is 43.2 Å². The molecule has 0 spiro atoms. The van der Waals surface area contributed by atoms with E-state index in [9.17, 15) is 25.2 Å². The number of benzene rings is 3. The van der Waals surface area contributed by atoms with Crippen molar-refractivity contribution in [2.45, 2.75) is 75.2 Å². The number of aliphatic hydroxyl groups excluding tert-OH is 1. The summed E-state index contributed by atoms with van der Waals surface area (Å²) in [5, 5.41) is 41.6. The molecule has 214 valence electrons. The Morgan fingerprint density at radius 1 is 0.900 bits per heavy atom. The standard InChI is InChI=1S/C33H40O7/c1-39-30-16-22(11-13-28(30)36)10-12-26(34)20-27(35)17-24(23-18-29(37)32(38)31(19-23)40-2)21-33(14-6-7-15-33)25-8-4-3-5-9-25/h3-5,8-9,11,13,16,18-19,24,27,35-38H,6-7,10,12,14-15,17,20-21H2,1-2H3/t24-,27-/m1/s1. The van der Waals surface area contributed by atoms with Crippen LogP contribution in [0.4, 0.5) is 0 Å². The molecule has 0 bridgehead atoms. The summed E-state index contributed by atoms with van der Waals surface area (Å²) in [6.45, 7) is 0. The van der Waals surface area contributed by atoms with Gasteiger partial charge in [0, 0.05) is 12.8 Å². The number of carbonyl (C=O) groups excluding carboxylic acids is 1. The molecule has 0 unspecified atom stereocenters. The largest absolute Gasteiger partial charge is 0.504 e. The Morgan fingerprint density at radius 3 is 2.27 bits per heavy atom. The number of aryl methyl sites for hydroxylation is 1. The Hall–Kier alpha value is -3.71. The molecule has 2 atom stereocenters. The predicted molar refractivity (Wildman–Crippen MR) is 153 cm³/mol. The highest BCUT2D eigenvalue weighted by Crippen LogP contribution is 2.50. The second-order valence-corrected chi connectivity index (χ2v) is 11.0. The fourth-order valence-electron chi connectivity index (χ4n) is 6.21. The van der Waals surface area contributed by atoms with Crippen LogP contribution in [-0.2, 0) is 16.6 Å². The van der Waals surface area contributed by atoms with Crippen LogP contribution in [-0.4, -0.2) is 46.5 Å². The van der Waals surface area contributed by atoms with Crippen LogP contribution in [0.25, 0.3) is 0 Å². The molecule has 0 saturated heterocycles. The van der Waals surface area contributed by atoms with Crippen LogP contribution in [0.3, 0.4) is 0 Å². The third kappa shape index (κ3) is 6.89. The lowest BCUT2D eigenvalue weighted by Gasteiger charge is -2.35. The van der Waals surface area contributed by atoms with Crippen LogP contribution in [0.1, 0.15) is 74.0 Å². The maximum Gasteiger partial charge on any atom is 0.200 e. The fraction of sp³-hybridized carbons (Fsp3) is 0.424. The van der Waals surface area contributed by atoms with Crippen molar-refractivity contribution in [1.29, 1.82) is 0 Å². The monoisotopic (exact) mass is 548 g/mol. The van der Waals surface area contributed by atoms with Gasteiger partial charge in [-0.1, -0.05) is 49.2 Å². The van der Waals surface area contributed by atoms with Crippen LogP contribution >= 0.6 is 0 Å². The predicted octanol–water partition coefficient (Wildman–Crippen LogP) is 6.15. The highest BCUT2D eigenvalue weighted by Gasteiger charge is 2.38. The minimum absolute atomic E-state index is 0.0191. The van der Waals surface area contributed by atoms with Crippen LogP contribution in [0.5, 0.6) is 28.7 Å². The number of methoxy groups -OCH3 is 2. The van der Waals surface area contributed by atoms with Crippen LogP contribution in [0, 0.1) is 0 Å². The second-order valence-electron chi connectivity index (χ2n) is 11.0. The third-order valence-electron chi connectivity index (χ3n) is 8.31. The normalized spacial score (nSPS) is 15.9. The molecule has 0 amide bonds. The van der Waals surface area contributed by atoms with Gasteiger partial charge in [0.15, 0.2) is 23.0 Å². The summed E-state index contributed by atoms with van der Waals surface area (Å²) < 4.78 is 10.5. The van der Waals surface area contributed by atoms with Crippen molar-refractivity contribution in [2.75, 3.05) is 14.2 Å². The zero-order valence-electron chi connectivity index (χ0n) is 23.3. The number of hydrogen-bond donors (Lipinski definition) is 4. The van der Waals surface area contributed by atoms with E-state index in [2.05, 4.69) is 24.3 Å². The van der Waals surface area contributed by atoms with E-state index in [-0.39, 0.29) is 53.0 Å². The van der Waals surface area contributed by atoms with Gasteiger partial charge in [0.25, 0.3) is 0 Å². The Kier molecular flexibility index (Phi) is 9.58. The molecule has 0 aliphatic heterocycles. The molecule has 7 heteroatoms. The van der Waals surface area contributed by atoms with Crippen molar-refractivity contribution >= 4 is 5.78 Å². The Bertz CT molecular complexity index is 1280. The van der Waals surface area contributed by atoms with Gasteiger partial charge in [0.1, 0.15) is 5.78 Å². The summed E-state index contributed by atoms with van der Waals surface area (Å²) in [5.41, 5.74) is 2.82. The lowest BCUT2D eigenvalue weighted by atomic mass is 9.70. The number of carbonyl (C=O) groups is 1. The van der Waals surface area contributed by atoms with Gasteiger partial charge in [-0.25, -0.2) is 0 Å². The number of ether oxygens (including phenoxy) is 2. The van der Waals surface area contributed by atoms with E-state index < -0.39 is 6.10 Å². The molecule has 3 aromatic rings. The summed E-state index contributed by atoms with van der Waals surface area (Å²) in [6.07, 6.45) is 5.25. The number of rotatable bonds is 13. The quantitative estimate of drug-likeness (QED) is 0.189. The Balaban J connectivity index is 1.52. The first-order chi connectivity index (χ1) is 19.2. The smallest absolute Gasteiger partial charge is 0.200 e. The van der Waals surface area contributed by atoms with Crippen molar-refractivity contribution in [3.05, 3.63) is 77.4 Å². The van der Waals surface area contributed by atoms with Crippen molar-refractivity contribution in [3.8, 4) is 28.7 Å². The molecule has 1 saturated carbocycles. The molecule has 7 nitrogen and oxygen atoms in total. The number of Topliss-reactive ketones (excluding diaryl/α,β-unsaturated/α-hetero) is 1. The number of aliphatic hydroxyl groups is 1. The average Bonchev–Trinajstić information content (AvgIpc) is 3.43. The summed E-state index contributed by atoms with van der Waals surface area (Å²) in [7, 11) is 2.92. The molecule has 4 N–H and O–H groups in total. The maximum absolute atomic E-state index is 12.9. The van der Waals surface area contributed by atoms with E-state index in [4.69, 9.17) is 9.47 Å². The molecule has 0 aromatic heterocycles. The van der Waals surface area contributed by atoms with Gasteiger partial charge in [0.05, 0.1) is 20.3 Å². The van der Waals surface area contributed by atoms with Gasteiger partial charge >= 0.3 is 0 Å². The molecule has 1 aliphatic carbocycles. The first-order valence-electron chi connectivity index (χ1n) is 14.0. The maximum atomic E-state index is 12.9. The van der Waals surface area contributed by atoms with Crippen molar-refractivity contribution in [1.82, 2.24) is 0 Å². The average molecular weight is 549 g/mol. The zero-order valence-corrected chi connectivity index (χ0v) is 23.3. The van der Waals surface area contributed by atoms with Crippen molar-refractivity contribution in [3.63, 3.8) is 0 Å². The molecule has 1 aliphatic rings. The second kappa shape index (κ2) is 13.1. The highest BCUT2D eigenvalue weighted by atomic mass is 16.5. The van der Waals surface area contributed by atoms with Gasteiger partial charge in [-0.15, -0.1) is 0 Å². The number of phenolic OH excluding ortho intramolecular Hbond substituents is 3. The van der Waals surface area contributed by atoms with Gasteiger partial charge in [-0.2, -0.15) is 0 Å². The molecule has 4 rings (SSSR count). The van der Waals surface area contributed by atoms with Crippen LogP contribution < -0.4 is 9.47 Å². The highest BCUT2D eigenvalue weighted by molar-refractivity contribution is 5.79. The molecule has 0 radical (unpaired) electrons. The molecular formula is C33H40O7. The van der Waals surface area contributed by atoms with Gasteiger partial charge in [0.2, 0.25) is 5.75 Å². The topological polar surface area (TPSA) is 116 Å².